The zero-order valence-corrected chi connectivity index (χ0v) is 22.1. The average molecular weight is 501 g/mol. The number of nitrogens with zero attached hydrogens (tertiary/aromatic N) is 1. The lowest BCUT2D eigenvalue weighted by molar-refractivity contribution is 0.329. The van der Waals surface area contributed by atoms with E-state index in [0.29, 0.717) is 0 Å². The predicted octanol–water partition coefficient (Wildman–Crippen LogP) is 9.00. The molecule has 0 bridgehead atoms. The SMILES string of the molecule is CC/C(P=Nc1c(C(C)(C)C)cc(C(C)(C)C)cc1C(C)(C)C)=C(/I)OC. The Hall–Kier alpha value is -0.410. The van der Waals surface area contributed by atoms with Crippen molar-refractivity contribution in [3.05, 3.63) is 37.9 Å². The summed E-state index contributed by atoms with van der Waals surface area (Å²) >= 11 is 2.27. The van der Waals surface area contributed by atoms with E-state index in [2.05, 4.69) is 104 Å². The van der Waals surface area contributed by atoms with Gasteiger partial charge in [-0.15, -0.1) is 0 Å². The highest BCUT2D eigenvalue weighted by molar-refractivity contribution is 14.1. The first-order valence-corrected chi connectivity index (χ1v) is 11.6. The van der Waals surface area contributed by atoms with Gasteiger partial charge in [0.05, 0.1) is 12.8 Å². The molecule has 27 heavy (non-hydrogen) atoms. The van der Waals surface area contributed by atoms with Crippen molar-refractivity contribution in [2.24, 2.45) is 4.74 Å². The van der Waals surface area contributed by atoms with Crippen molar-refractivity contribution < 1.29 is 4.74 Å². The zero-order chi connectivity index (χ0) is 21.2. The first-order chi connectivity index (χ1) is 12.1. The molecule has 1 rings (SSSR count). The van der Waals surface area contributed by atoms with E-state index < -0.39 is 0 Å². The van der Waals surface area contributed by atoms with Crippen molar-refractivity contribution in [2.75, 3.05) is 7.11 Å². The standard InChI is InChI=1S/C23H37INOP/c1-12-18(20(24)26-11)27-25-19-16(22(5,6)7)13-15(21(2,3)4)14-17(19)23(8,9)10/h13-14H,12H2,1-11H3/b20-18+. The van der Waals surface area contributed by atoms with E-state index in [1.165, 1.54) is 22.0 Å². The second kappa shape index (κ2) is 8.95. The van der Waals surface area contributed by atoms with Crippen molar-refractivity contribution in [3.8, 4) is 0 Å². The van der Waals surface area contributed by atoms with Crippen LogP contribution in [0.1, 0.15) is 92.3 Å². The van der Waals surface area contributed by atoms with Gasteiger partial charge in [-0.3, -0.25) is 0 Å². The van der Waals surface area contributed by atoms with Crippen LogP contribution in [0.25, 0.3) is 0 Å². The van der Waals surface area contributed by atoms with Gasteiger partial charge >= 0.3 is 0 Å². The number of halogens is 1. The van der Waals surface area contributed by atoms with Gasteiger partial charge in [-0.2, -0.15) is 0 Å². The number of hydrogen-bond acceptors (Lipinski definition) is 2. The maximum absolute atomic E-state index is 5.45. The topological polar surface area (TPSA) is 21.6 Å². The lowest BCUT2D eigenvalue weighted by Gasteiger charge is -2.32. The smallest absolute Gasteiger partial charge is 0.165 e. The molecule has 0 spiro atoms. The molecule has 0 saturated carbocycles. The summed E-state index contributed by atoms with van der Waals surface area (Å²) in [6.45, 7) is 22.7. The molecule has 2 nitrogen and oxygen atoms in total. The molecule has 0 amide bonds. The highest BCUT2D eigenvalue weighted by Crippen LogP contribution is 2.45. The third-order valence-electron chi connectivity index (χ3n) is 4.60. The largest absolute Gasteiger partial charge is 0.490 e. The molecular formula is C23H37INOP. The summed E-state index contributed by atoms with van der Waals surface area (Å²) in [6.07, 6.45) is 0.937. The molecule has 0 atom stereocenters. The predicted molar refractivity (Wildman–Crippen MR) is 130 cm³/mol. The van der Waals surface area contributed by atoms with Gasteiger partial charge < -0.3 is 4.74 Å². The third-order valence-corrected chi connectivity index (χ3v) is 7.18. The second-order valence-corrected chi connectivity index (χ2v) is 12.1. The molecule has 0 fully saturated rings. The molecular weight excluding hydrogens is 464 g/mol. The molecule has 0 saturated heterocycles. The van der Waals surface area contributed by atoms with Crippen LogP contribution in [-0.2, 0) is 21.0 Å². The van der Waals surface area contributed by atoms with E-state index in [9.17, 15) is 0 Å². The lowest BCUT2D eigenvalue weighted by atomic mass is 9.74. The molecule has 0 aliphatic heterocycles. The maximum atomic E-state index is 5.45. The minimum absolute atomic E-state index is 0.0279. The van der Waals surface area contributed by atoms with Crippen molar-refractivity contribution in [3.63, 3.8) is 0 Å². The number of ether oxygens (including phenoxy) is 1. The lowest BCUT2D eigenvalue weighted by Crippen LogP contribution is -2.21. The molecule has 0 unspecified atom stereocenters. The average Bonchev–Trinajstić information content (AvgIpc) is 2.51. The van der Waals surface area contributed by atoms with Crippen LogP contribution in [-0.4, -0.2) is 7.11 Å². The Bertz CT molecular complexity index is 693. The summed E-state index contributed by atoms with van der Waals surface area (Å²) in [5.74, 6) is 0. The molecule has 0 N–H and O–H groups in total. The van der Waals surface area contributed by atoms with Crippen molar-refractivity contribution in [1.82, 2.24) is 0 Å². The first-order valence-electron chi connectivity index (χ1n) is 9.66. The summed E-state index contributed by atoms with van der Waals surface area (Å²) < 4.78 is 11.5. The molecule has 1 aromatic carbocycles. The minimum Gasteiger partial charge on any atom is -0.490 e. The molecule has 152 valence electrons. The van der Waals surface area contributed by atoms with E-state index in [-0.39, 0.29) is 16.2 Å². The van der Waals surface area contributed by atoms with Crippen molar-refractivity contribution >= 4 is 36.7 Å². The molecule has 0 aromatic heterocycles. The van der Waals surface area contributed by atoms with E-state index in [1.54, 1.807) is 7.11 Å². The van der Waals surface area contributed by atoms with Crippen LogP contribution in [0.5, 0.6) is 0 Å². The molecule has 0 aliphatic carbocycles. The van der Waals surface area contributed by atoms with Crippen LogP contribution >= 0.6 is 31.0 Å². The zero-order valence-electron chi connectivity index (χ0n) is 19.0. The third kappa shape index (κ3) is 6.56. The minimum atomic E-state index is 0.0279. The Morgan fingerprint density at radius 3 is 1.67 bits per heavy atom. The highest BCUT2D eigenvalue weighted by atomic mass is 127. The fourth-order valence-corrected chi connectivity index (χ4v) is 4.25. The Balaban J connectivity index is 3.85. The van der Waals surface area contributed by atoms with Crippen LogP contribution < -0.4 is 0 Å². The summed E-state index contributed by atoms with van der Waals surface area (Å²) in [5, 5.41) is 1.22. The Morgan fingerprint density at radius 2 is 1.37 bits per heavy atom. The van der Waals surface area contributed by atoms with Crippen LogP contribution in [0.4, 0.5) is 5.69 Å². The summed E-state index contributed by atoms with van der Waals surface area (Å²) in [7, 11) is 2.70. The van der Waals surface area contributed by atoms with Crippen LogP contribution in [0, 0.1) is 0 Å². The molecule has 4 heteroatoms. The van der Waals surface area contributed by atoms with Gasteiger partial charge in [0, 0.05) is 13.7 Å². The Morgan fingerprint density at radius 1 is 0.926 bits per heavy atom. The Labute approximate surface area is 182 Å². The quantitative estimate of drug-likeness (QED) is 0.229. The van der Waals surface area contributed by atoms with E-state index in [0.717, 1.165) is 24.2 Å². The van der Waals surface area contributed by atoms with Gasteiger partial charge in [0.15, 0.2) is 3.77 Å². The number of rotatable bonds is 4. The van der Waals surface area contributed by atoms with Gasteiger partial charge in [-0.1, -0.05) is 81.4 Å². The number of hydrogen-bond donors (Lipinski definition) is 0. The van der Waals surface area contributed by atoms with Gasteiger partial charge in [0.2, 0.25) is 0 Å². The molecule has 1 aromatic rings. The number of methoxy groups -OCH3 is 1. The Kier molecular flexibility index (Phi) is 8.16. The highest BCUT2D eigenvalue weighted by Gasteiger charge is 2.29. The van der Waals surface area contributed by atoms with Gasteiger partial charge in [-0.05, 0) is 61.9 Å². The van der Waals surface area contributed by atoms with Gasteiger partial charge in [0.1, 0.15) is 0 Å². The summed E-state index contributed by atoms with van der Waals surface area (Å²) in [4.78, 5) is 0. The molecule has 0 aliphatic rings. The van der Waals surface area contributed by atoms with E-state index in [1.807, 2.05) is 0 Å². The fraction of sp³-hybridized carbons (Fsp3) is 0.652. The summed E-state index contributed by atoms with van der Waals surface area (Å²) in [6, 6.07) is 4.75. The van der Waals surface area contributed by atoms with E-state index in [4.69, 9.17) is 9.48 Å². The van der Waals surface area contributed by atoms with Crippen molar-refractivity contribution in [1.29, 1.82) is 0 Å². The van der Waals surface area contributed by atoms with Gasteiger partial charge in [-0.25, -0.2) is 4.74 Å². The second-order valence-electron chi connectivity index (χ2n) is 10.1. The number of benzene rings is 1. The van der Waals surface area contributed by atoms with Gasteiger partial charge in [0.25, 0.3) is 0 Å². The molecule has 0 heterocycles. The fourth-order valence-electron chi connectivity index (χ4n) is 2.80. The monoisotopic (exact) mass is 501 g/mol. The maximum Gasteiger partial charge on any atom is 0.165 e. The molecule has 0 radical (unpaired) electrons. The van der Waals surface area contributed by atoms with Crippen LogP contribution in [0.2, 0.25) is 0 Å². The van der Waals surface area contributed by atoms with E-state index >= 15 is 0 Å². The van der Waals surface area contributed by atoms with Crippen LogP contribution in [0.15, 0.2) is 26.0 Å². The summed E-state index contributed by atoms with van der Waals surface area (Å²) in [5.41, 5.74) is 5.35. The van der Waals surface area contributed by atoms with Crippen LogP contribution in [0.3, 0.4) is 0 Å². The first kappa shape index (κ1) is 24.6. The number of allylic oxidation sites excluding steroid dienone is 1. The normalized spacial score (nSPS) is 14.5. The van der Waals surface area contributed by atoms with Crippen molar-refractivity contribution in [2.45, 2.75) is 91.9 Å².